The molecule has 0 aromatic heterocycles. The molecular formula is C26H38N2O3Si2. The molecule has 33 heavy (non-hydrogen) atoms. The number of carbonyl (C=O) groups is 2. The normalized spacial score (nSPS) is 18.2. The van der Waals surface area contributed by atoms with Gasteiger partial charge in [-0.1, -0.05) is 93.9 Å². The molecule has 0 spiro atoms. The topological polar surface area (TPSA) is 58.6 Å². The Kier molecular flexibility index (Phi) is 6.96. The summed E-state index contributed by atoms with van der Waals surface area (Å²) in [7, 11) is -3.24. The summed E-state index contributed by atoms with van der Waals surface area (Å²) in [6.07, 6.45) is -0.550. The maximum absolute atomic E-state index is 13.2. The maximum Gasteiger partial charge on any atom is 0.408 e. The summed E-state index contributed by atoms with van der Waals surface area (Å²) in [5, 5.41) is 3.14. The molecule has 2 aromatic carbocycles. The van der Waals surface area contributed by atoms with Gasteiger partial charge in [0.1, 0.15) is 12.6 Å². The first-order chi connectivity index (χ1) is 15.2. The second-order valence-electron chi connectivity index (χ2n) is 11.7. The first kappa shape index (κ1) is 25.2. The van der Waals surface area contributed by atoms with Gasteiger partial charge >= 0.3 is 6.09 Å². The molecule has 1 atom stereocenters. The molecule has 0 bridgehead atoms. The van der Waals surface area contributed by atoms with E-state index < -0.39 is 33.8 Å². The van der Waals surface area contributed by atoms with Gasteiger partial charge in [0.2, 0.25) is 5.91 Å². The monoisotopic (exact) mass is 482 g/mol. The summed E-state index contributed by atoms with van der Waals surface area (Å²) in [5.41, 5.74) is 2.74. The van der Waals surface area contributed by atoms with Crippen LogP contribution in [0, 0.1) is 0 Å². The predicted octanol–water partition coefficient (Wildman–Crippen LogP) is 5.69. The van der Waals surface area contributed by atoms with Crippen molar-refractivity contribution in [2.75, 3.05) is 0 Å². The number of β-lactam (4-membered cyclic amide) rings is 1. The third kappa shape index (κ3) is 5.41. The number of hydrogen-bond donors (Lipinski definition) is 1. The van der Waals surface area contributed by atoms with Gasteiger partial charge in [0.05, 0.1) is 21.7 Å². The molecule has 2 amide bonds. The molecule has 7 heteroatoms. The average Bonchev–Trinajstić information content (AvgIpc) is 2.73. The van der Waals surface area contributed by atoms with Gasteiger partial charge in [-0.25, -0.2) is 4.79 Å². The van der Waals surface area contributed by atoms with Crippen molar-refractivity contribution in [3.05, 3.63) is 60.2 Å². The minimum atomic E-state index is -1.62. The van der Waals surface area contributed by atoms with Gasteiger partial charge in [-0.15, -0.1) is 0 Å². The van der Waals surface area contributed by atoms with Crippen molar-refractivity contribution >= 4 is 28.1 Å². The highest BCUT2D eigenvalue weighted by Gasteiger charge is 2.61. The van der Waals surface area contributed by atoms with Crippen molar-refractivity contribution in [3.8, 4) is 11.1 Å². The number of nitrogens with zero attached hydrogens (tertiary/aromatic N) is 1. The number of hydrogen-bond acceptors (Lipinski definition) is 3. The summed E-state index contributed by atoms with van der Waals surface area (Å²) < 4.78 is 5.45. The summed E-state index contributed by atoms with van der Waals surface area (Å²) in [6, 6.07) is 17.6. The summed E-state index contributed by atoms with van der Waals surface area (Å²) in [6.45, 7) is 18.3. The van der Waals surface area contributed by atoms with Gasteiger partial charge in [-0.05, 0) is 30.5 Å². The lowest BCUT2D eigenvalue weighted by Crippen LogP contribution is -2.84. The number of benzene rings is 2. The quantitative estimate of drug-likeness (QED) is 0.407. The van der Waals surface area contributed by atoms with Crippen molar-refractivity contribution in [1.82, 2.24) is 10.2 Å². The Bertz CT molecular complexity index is 979. The Morgan fingerprint density at radius 1 is 0.939 bits per heavy atom. The Balaban J connectivity index is 1.60. The number of ether oxygens (including phenoxy) is 1. The van der Waals surface area contributed by atoms with Crippen LogP contribution < -0.4 is 5.32 Å². The standard InChI is InChI=1S/C26H38N2O3Si2/c1-26(2)22(23(29)28(26)25(32(3,4)5)33(6,7)8)27-24(30)31-18-19-14-16-21(17-15-19)20-12-10-9-11-13-20/h9-17,22,25H,18H2,1-8H3,(H,27,30)/t22-/m0/s1. The lowest BCUT2D eigenvalue weighted by molar-refractivity contribution is -0.159. The Morgan fingerprint density at radius 3 is 1.94 bits per heavy atom. The highest BCUT2D eigenvalue weighted by Crippen LogP contribution is 2.39. The van der Waals surface area contributed by atoms with E-state index in [1.807, 2.05) is 42.5 Å². The first-order valence-corrected chi connectivity index (χ1v) is 18.8. The fraction of sp³-hybridized carbons (Fsp3) is 0.462. The van der Waals surface area contributed by atoms with Crippen LogP contribution in [0.3, 0.4) is 0 Å². The Morgan fingerprint density at radius 2 is 1.45 bits per heavy atom. The van der Waals surface area contributed by atoms with Gasteiger partial charge in [-0.2, -0.15) is 0 Å². The number of carbonyl (C=O) groups excluding carboxylic acids is 2. The fourth-order valence-electron chi connectivity index (χ4n) is 5.30. The summed E-state index contributed by atoms with van der Waals surface area (Å²) in [5.74, 6) is 0.0130. The number of nitrogens with one attached hydrogen (secondary N) is 1. The predicted molar refractivity (Wildman–Crippen MR) is 140 cm³/mol. The molecular weight excluding hydrogens is 444 g/mol. The van der Waals surface area contributed by atoms with Crippen LogP contribution in [0.4, 0.5) is 4.79 Å². The smallest absolute Gasteiger partial charge is 0.408 e. The summed E-state index contributed by atoms with van der Waals surface area (Å²) >= 11 is 0. The van der Waals surface area contributed by atoms with Crippen molar-refractivity contribution in [1.29, 1.82) is 0 Å². The van der Waals surface area contributed by atoms with E-state index in [1.165, 1.54) is 0 Å². The van der Waals surface area contributed by atoms with E-state index in [0.29, 0.717) is 5.29 Å². The summed E-state index contributed by atoms with van der Waals surface area (Å²) in [4.78, 5) is 27.8. The molecule has 2 aromatic rings. The van der Waals surface area contributed by atoms with Crippen LogP contribution in [0.2, 0.25) is 39.3 Å². The van der Waals surface area contributed by atoms with Crippen molar-refractivity contribution in [2.24, 2.45) is 0 Å². The maximum atomic E-state index is 13.2. The zero-order valence-corrected chi connectivity index (χ0v) is 23.2. The molecule has 0 radical (unpaired) electrons. The SMILES string of the molecule is CC1(C)[C@@H](NC(=O)OCc2ccc(-c3ccccc3)cc2)C(=O)N1C([Si](C)(C)C)[Si](C)(C)C. The van der Waals surface area contributed by atoms with Crippen LogP contribution >= 0.6 is 0 Å². The van der Waals surface area contributed by atoms with Crippen LogP contribution in [-0.4, -0.2) is 49.9 Å². The van der Waals surface area contributed by atoms with E-state index in [4.69, 9.17) is 4.74 Å². The van der Waals surface area contributed by atoms with Crippen molar-refractivity contribution in [3.63, 3.8) is 0 Å². The second-order valence-corrected chi connectivity index (χ2v) is 22.8. The second kappa shape index (κ2) is 9.10. The number of rotatable bonds is 7. The lowest BCUT2D eigenvalue weighted by Gasteiger charge is -2.62. The van der Waals surface area contributed by atoms with Crippen molar-refractivity contribution in [2.45, 2.75) is 76.6 Å². The zero-order valence-electron chi connectivity index (χ0n) is 21.2. The third-order valence-corrected chi connectivity index (χ3v) is 15.4. The van der Waals surface area contributed by atoms with E-state index in [2.05, 4.69) is 75.5 Å². The molecule has 1 N–H and O–H groups in total. The highest BCUT2D eigenvalue weighted by molar-refractivity contribution is 6.96. The molecule has 1 heterocycles. The molecule has 178 valence electrons. The van der Waals surface area contributed by atoms with E-state index in [1.54, 1.807) is 0 Å². The van der Waals surface area contributed by atoms with Crippen molar-refractivity contribution < 1.29 is 14.3 Å². The molecule has 0 saturated carbocycles. The molecule has 1 aliphatic heterocycles. The fourth-order valence-corrected chi connectivity index (χ4v) is 18.2. The van der Waals surface area contributed by atoms with Gasteiger partial charge < -0.3 is 15.0 Å². The van der Waals surface area contributed by atoms with Crippen LogP contribution in [0.25, 0.3) is 11.1 Å². The van der Waals surface area contributed by atoms with E-state index in [-0.39, 0.29) is 12.5 Å². The highest BCUT2D eigenvalue weighted by atomic mass is 28.4. The first-order valence-electron chi connectivity index (χ1n) is 11.6. The van der Waals surface area contributed by atoms with Gasteiger partial charge in [0.15, 0.2) is 0 Å². The molecule has 0 aliphatic carbocycles. The van der Waals surface area contributed by atoms with Gasteiger partial charge in [0.25, 0.3) is 0 Å². The van der Waals surface area contributed by atoms with Crippen LogP contribution in [0.5, 0.6) is 0 Å². The van der Waals surface area contributed by atoms with Gasteiger partial charge in [-0.3, -0.25) is 4.79 Å². The van der Waals surface area contributed by atoms with Crippen LogP contribution in [0.1, 0.15) is 19.4 Å². The van der Waals surface area contributed by atoms with Crippen LogP contribution in [-0.2, 0) is 16.1 Å². The van der Waals surface area contributed by atoms with Crippen LogP contribution in [0.15, 0.2) is 54.6 Å². The molecule has 1 fully saturated rings. The zero-order chi connectivity index (χ0) is 24.6. The number of alkyl carbamates (subject to hydrolysis) is 1. The van der Waals surface area contributed by atoms with E-state index in [9.17, 15) is 9.59 Å². The minimum absolute atomic E-state index is 0.0130. The molecule has 3 rings (SSSR count). The molecule has 1 saturated heterocycles. The number of likely N-dealkylation sites (tertiary alicyclic amines) is 1. The lowest BCUT2D eigenvalue weighted by atomic mass is 9.83. The average molecular weight is 483 g/mol. The van der Waals surface area contributed by atoms with Gasteiger partial charge in [0, 0.05) is 5.29 Å². The largest absolute Gasteiger partial charge is 0.445 e. The van der Waals surface area contributed by atoms with E-state index >= 15 is 0 Å². The number of amides is 2. The molecule has 5 nitrogen and oxygen atoms in total. The minimum Gasteiger partial charge on any atom is -0.445 e. The third-order valence-electron chi connectivity index (χ3n) is 6.40. The Hall–Kier alpha value is -2.39. The van der Waals surface area contributed by atoms with E-state index in [0.717, 1.165) is 16.7 Å². The Labute approximate surface area is 200 Å². The molecule has 0 unspecified atom stereocenters. The molecule has 1 aliphatic rings.